The standard InChI is InChI=1S/C19H11ClF3N3O2S.C5H11N/c20-13-3-2-11(14(7-13)19(21,22)23)9-26-15-4-1-10(5-12(15)8-24-26)6-16-17(27)25-18(28)29-16;1-2-4-6-5-3-1/h1-8H,9H2,(H,25,27,28);6H,1-5H2/b16-6-;. The quantitative estimate of drug-likeness (QED) is 0.423. The molecule has 0 bridgehead atoms. The van der Waals surface area contributed by atoms with Gasteiger partial charge >= 0.3 is 6.18 Å². The van der Waals surface area contributed by atoms with Gasteiger partial charge in [0, 0.05) is 10.4 Å². The second kappa shape index (κ2) is 10.8. The van der Waals surface area contributed by atoms with Crippen LogP contribution < -0.4 is 10.6 Å². The first kappa shape index (κ1) is 25.3. The molecule has 35 heavy (non-hydrogen) atoms. The molecule has 2 saturated heterocycles. The van der Waals surface area contributed by atoms with Gasteiger partial charge in [-0.15, -0.1) is 0 Å². The molecule has 11 heteroatoms. The lowest BCUT2D eigenvalue weighted by Gasteiger charge is -2.14. The monoisotopic (exact) mass is 522 g/mol. The summed E-state index contributed by atoms with van der Waals surface area (Å²) in [6, 6.07) is 8.81. The molecule has 0 radical (unpaired) electrons. The third-order valence-electron chi connectivity index (χ3n) is 5.51. The van der Waals surface area contributed by atoms with Gasteiger partial charge in [0.2, 0.25) is 0 Å². The second-order valence-corrected chi connectivity index (χ2v) is 9.53. The lowest BCUT2D eigenvalue weighted by atomic mass is 10.1. The van der Waals surface area contributed by atoms with Crippen molar-refractivity contribution >= 4 is 51.5 Å². The van der Waals surface area contributed by atoms with Crippen molar-refractivity contribution in [1.82, 2.24) is 20.4 Å². The molecule has 3 aromatic rings. The molecular formula is C24H22ClF3N4O2S. The molecule has 1 aromatic heterocycles. The first-order valence-electron chi connectivity index (χ1n) is 11.0. The molecule has 0 atom stereocenters. The number of nitrogens with zero attached hydrogens (tertiary/aromatic N) is 2. The Labute approximate surface area is 208 Å². The van der Waals surface area contributed by atoms with E-state index < -0.39 is 22.9 Å². The Morgan fingerprint density at radius 3 is 2.46 bits per heavy atom. The maximum Gasteiger partial charge on any atom is 0.416 e. The highest BCUT2D eigenvalue weighted by Crippen LogP contribution is 2.34. The molecule has 2 N–H and O–H groups in total. The number of fused-ring (bicyclic) bond motifs is 1. The molecule has 0 spiro atoms. The van der Waals surface area contributed by atoms with Crippen LogP contribution in [0.2, 0.25) is 5.02 Å². The van der Waals surface area contributed by atoms with Crippen LogP contribution in [0.25, 0.3) is 17.0 Å². The number of amides is 2. The van der Waals surface area contributed by atoms with Gasteiger partial charge in [0.05, 0.1) is 28.7 Å². The topological polar surface area (TPSA) is 76.0 Å². The minimum Gasteiger partial charge on any atom is -0.317 e. The number of thioether (sulfide) groups is 1. The van der Waals surface area contributed by atoms with E-state index in [1.54, 1.807) is 24.3 Å². The molecule has 2 fully saturated rings. The number of hydrogen-bond donors (Lipinski definition) is 2. The van der Waals surface area contributed by atoms with Crippen LogP contribution in [0.1, 0.15) is 36.0 Å². The highest BCUT2D eigenvalue weighted by atomic mass is 35.5. The fraction of sp³-hybridized carbons (Fsp3) is 0.292. The summed E-state index contributed by atoms with van der Waals surface area (Å²) in [7, 11) is 0. The van der Waals surface area contributed by atoms with Gasteiger partial charge in [0.25, 0.3) is 11.1 Å². The van der Waals surface area contributed by atoms with Crippen LogP contribution in [-0.2, 0) is 17.5 Å². The number of aromatic nitrogens is 2. The maximum absolute atomic E-state index is 13.3. The van der Waals surface area contributed by atoms with Gasteiger partial charge in [-0.25, -0.2) is 0 Å². The highest BCUT2D eigenvalue weighted by molar-refractivity contribution is 8.18. The number of carbonyl (C=O) groups is 2. The largest absolute Gasteiger partial charge is 0.416 e. The molecule has 184 valence electrons. The van der Waals surface area contributed by atoms with Gasteiger partial charge < -0.3 is 5.32 Å². The van der Waals surface area contributed by atoms with Gasteiger partial charge in [-0.1, -0.05) is 30.2 Å². The first-order chi connectivity index (χ1) is 16.7. The van der Waals surface area contributed by atoms with E-state index in [0.717, 1.165) is 17.8 Å². The fourth-order valence-electron chi connectivity index (χ4n) is 3.81. The number of hydrogen-bond acceptors (Lipinski definition) is 5. The van der Waals surface area contributed by atoms with Crippen molar-refractivity contribution in [2.45, 2.75) is 32.0 Å². The summed E-state index contributed by atoms with van der Waals surface area (Å²) < 4.78 is 41.4. The zero-order valence-electron chi connectivity index (χ0n) is 18.5. The van der Waals surface area contributed by atoms with E-state index in [2.05, 4.69) is 15.7 Å². The smallest absolute Gasteiger partial charge is 0.317 e. The molecule has 2 aromatic carbocycles. The Kier molecular flexibility index (Phi) is 7.83. The van der Waals surface area contributed by atoms with E-state index >= 15 is 0 Å². The summed E-state index contributed by atoms with van der Waals surface area (Å²) in [5.74, 6) is -0.460. The molecule has 3 heterocycles. The number of carbonyl (C=O) groups excluding carboxylic acids is 2. The van der Waals surface area contributed by atoms with Crippen molar-refractivity contribution in [1.29, 1.82) is 0 Å². The Morgan fingerprint density at radius 2 is 1.86 bits per heavy atom. The number of alkyl halides is 3. The minimum absolute atomic E-state index is 0.0105. The van der Waals surface area contributed by atoms with Crippen molar-refractivity contribution < 1.29 is 22.8 Å². The van der Waals surface area contributed by atoms with Crippen LogP contribution in [0.5, 0.6) is 0 Å². The Morgan fingerprint density at radius 1 is 1.09 bits per heavy atom. The van der Waals surface area contributed by atoms with Crippen LogP contribution in [-0.4, -0.2) is 34.0 Å². The molecule has 2 amide bonds. The van der Waals surface area contributed by atoms with Crippen molar-refractivity contribution in [3.8, 4) is 0 Å². The number of piperidine rings is 1. The van der Waals surface area contributed by atoms with Crippen LogP contribution in [0.4, 0.5) is 18.0 Å². The molecule has 2 aliphatic heterocycles. The van der Waals surface area contributed by atoms with E-state index in [9.17, 15) is 22.8 Å². The molecule has 5 rings (SSSR count). The van der Waals surface area contributed by atoms with Crippen LogP contribution >= 0.6 is 23.4 Å². The lowest BCUT2D eigenvalue weighted by molar-refractivity contribution is -0.138. The lowest BCUT2D eigenvalue weighted by Crippen LogP contribution is -2.21. The highest BCUT2D eigenvalue weighted by Gasteiger charge is 2.33. The number of nitrogens with one attached hydrogen (secondary N) is 2. The Balaban J connectivity index is 0.000000421. The van der Waals surface area contributed by atoms with Crippen LogP contribution in [0.15, 0.2) is 47.5 Å². The van der Waals surface area contributed by atoms with E-state index in [1.165, 1.54) is 55.4 Å². The zero-order chi connectivity index (χ0) is 25.0. The predicted octanol–water partition coefficient (Wildman–Crippen LogP) is 5.84. The van der Waals surface area contributed by atoms with Crippen molar-refractivity contribution in [2.75, 3.05) is 13.1 Å². The molecule has 6 nitrogen and oxygen atoms in total. The molecular weight excluding hydrogens is 501 g/mol. The number of rotatable bonds is 3. The Hall–Kier alpha value is -2.82. The van der Waals surface area contributed by atoms with Crippen molar-refractivity contribution in [2.24, 2.45) is 0 Å². The molecule has 0 saturated carbocycles. The van der Waals surface area contributed by atoms with Gasteiger partial charge in [0.15, 0.2) is 0 Å². The molecule has 0 aliphatic carbocycles. The summed E-state index contributed by atoms with van der Waals surface area (Å²) in [5.41, 5.74) is 0.557. The van der Waals surface area contributed by atoms with Crippen molar-refractivity contribution in [3.63, 3.8) is 0 Å². The minimum atomic E-state index is -4.53. The summed E-state index contributed by atoms with van der Waals surface area (Å²) >= 11 is 6.54. The van der Waals surface area contributed by atoms with E-state index in [0.29, 0.717) is 16.5 Å². The van der Waals surface area contributed by atoms with Gasteiger partial charge in [-0.05, 0) is 79.2 Å². The summed E-state index contributed by atoms with van der Waals surface area (Å²) in [4.78, 5) is 23.2. The summed E-state index contributed by atoms with van der Waals surface area (Å²) in [6.45, 7) is 2.42. The Bertz CT molecular complexity index is 1270. The molecule has 2 aliphatic rings. The average Bonchev–Trinajstić information content (AvgIpc) is 3.37. The predicted molar refractivity (Wildman–Crippen MR) is 131 cm³/mol. The zero-order valence-corrected chi connectivity index (χ0v) is 20.1. The van der Waals surface area contributed by atoms with Crippen molar-refractivity contribution in [3.05, 3.63) is 69.2 Å². The third-order valence-corrected chi connectivity index (χ3v) is 6.56. The fourth-order valence-corrected chi connectivity index (χ4v) is 4.66. The van der Waals surface area contributed by atoms with Gasteiger partial charge in [-0.3, -0.25) is 19.6 Å². The average molecular weight is 523 g/mol. The number of benzene rings is 2. The first-order valence-corrected chi connectivity index (χ1v) is 12.2. The van der Waals surface area contributed by atoms with E-state index in [4.69, 9.17) is 11.6 Å². The SMILES string of the molecule is C1CCNCC1.O=C1NC(=O)/C(=C/c2ccc3c(cnn3Cc3ccc(Cl)cc3C(F)(F)F)c2)S1. The van der Waals surface area contributed by atoms with E-state index in [-0.39, 0.29) is 22.0 Å². The number of imide groups is 1. The number of halogens is 4. The maximum atomic E-state index is 13.3. The van der Waals surface area contributed by atoms with Crippen LogP contribution in [0, 0.1) is 0 Å². The molecule has 0 unspecified atom stereocenters. The summed E-state index contributed by atoms with van der Waals surface area (Å²) in [5, 5.41) is 9.92. The van der Waals surface area contributed by atoms with Gasteiger partial charge in [-0.2, -0.15) is 18.3 Å². The third kappa shape index (κ3) is 6.45. The van der Waals surface area contributed by atoms with Crippen LogP contribution in [0.3, 0.4) is 0 Å². The normalized spacial score (nSPS) is 17.4. The summed E-state index contributed by atoms with van der Waals surface area (Å²) in [6.07, 6.45) is 2.79. The van der Waals surface area contributed by atoms with Gasteiger partial charge in [0.1, 0.15) is 0 Å². The second-order valence-electron chi connectivity index (χ2n) is 8.08. The van der Waals surface area contributed by atoms with E-state index in [1.807, 2.05) is 0 Å².